The van der Waals surface area contributed by atoms with Crippen LogP contribution in [0.4, 0.5) is 0 Å². The molecule has 0 fully saturated rings. The van der Waals surface area contributed by atoms with Crippen LogP contribution in [0.1, 0.15) is 0 Å². The monoisotopic (exact) mass is 227 g/mol. The van der Waals surface area contributed by atoms with Gasteiger partial charge in [-0.25, -0.2) is 0 Å². The zero-order valence-electron chi connectivity index (χ0n) is 8.46. The average molecular weight is 227 g/mol. The van der Waals surface area contributed by atoms with Gasteiger partial charge in [-0.05, 0) is 11.6 Å². The molecular weight excluding hydrogens is 218 g/mol. The van der Waals surface area contributed by atoms with Gasteiger partial charge in [-0.2, -0.15) is 0 Å². The second-order valence-corrected chi connectivity index (χ2v) is 4.60. The number of thiazole rings is 1. The largest absolute Gasteiger partial charge is 0.274 e. The van der Waals surface area contributed by atoms with Crippen LogP contribution in [0.5, 0.6) is 0 Å². The molecule has 3 heteroatoms. The quantitative estimate of drug-likeness (QED) is 0.626. The molecule has 0 spiro atoms. The summed E-state index contributed by atoms with van der Waals surface area (Å²) in [6, 6.07) is 15.4. The zero-order valence-corrected chi connectivity index (χ0v) is 9.28. The molecule has 2 nitrogen and oxygen atoms in total. The van der Waals surface area contributed by atoms with Crippen molar-refractivity contribution in [1.29, 1.82) is 0 Å². The van der Waals surface area contributed by atoms with E-state index < -0.39 is 0 Å². The van der Waals surface area contributed by atoms with Gasteiger partial charge in [0, 0.05) is 12.3 Å². The molecule has 0 aliphatic carbocycles. The lowest BCUT2D eigenvalue weighted by Gasteiger charge is -1.92. The van der Waals surface area contributed by atoms with Gasteiger partial charge >= 0.3 is 0 Å². The summed E-state index contributed by atoms with van der Waals surface area (Å²) in [6.45, 7) is 0. The number of nitrogens with zero attached hydrogens (tertiary/aromatic N) is 1. The molecule has 2 heterocycles. The van der Waals surface area contributed by atoms with E-state index in [-0.39, 0.29) is 5.56 Å². The van der Waals surface area contributed by atoms with Gasteiger partial charge in [0.05, 0.1) is 4.88 Å². The van der Waals surface area contributed by atoms with E-state index in [4.69, 9.17) is 0 Å². The first-order valence-electron chi connectivity index (χ1n) is 5.01. The molecule has 78 valence electrons. The Morgan fingerprint density at radius 2 is 1.75 bits per heavy atom. The Morgan fingerprint density at radius 3 is 2.50 bits per heavy atom. The topological polar surface area (TPSA) is 21.5 Å². The van der Waals surface area contributed by atoms with Gasteiger partial charge in [0.2, 0.25) is 0 Å². The van der Waals surface area contributed by atoms with E-state index >= 15 is 0 Å². The second kappa shape index (κ2) is 3.61. The van der Waals surface area contributed by atoms with E-state index in [1.165, 1.54) is 0 Å². The smallest absolute Gasteiger partial charge is 0.255 e. The van der Waals surface area contributed by atoms with Crippen molar-refractivity contribution in [3.05, 3.63) is 65.1 Å². The highest BCUT2D eigenvalue weighted by atomic mass is 32.1. The Balaban J connectivity index is 2.28. The fourth-order valence-corrected chi connectivity index (χ4v) is 2.71. The summed E-state index contributed by atoms with van der Waals surface area (Å²) in [5.74, 6) is 0. The summed E-state index contributed by atoms with van der Waals surface area (Å²) >= 11 is 1.63. The SMILES string of the molecule is O=c1cccc2sc(-c3ccccc3)cn12. The molecule has 0 radical (unpaired) electrons. The van der Waals surface area contributed by atoms with Crippen molar-refractivity contribution in [1.82, 2.24) is 4.40 Å². The maximum atomic E-state index is 11.6. The van der Waals surface area contributed by atoms with Crippen molar-refractivity contribution in [3.63, 3.8) is 0 Å². The minimum absolute atomic E-state index is 0.0240. The van der Waals surface area contributed by atoms with Crippen molar-refractivity contribution in [2.45, 2.75) is 0 Å². The fourth-order valence-electron chi connectivity index (χ4n) is 1.68. The molecule has 1 aromatic carbocycles. The lowest BCUT2D eigenvalue weighted by atomic mass is 10.2. The number of benzene rings is 1. The van der Waals surface area contributed by atoms with E-state index in [9.17, 15) is 4.79 Å². The molecule has 0 amide bonds. The summed E-state index contributed by atoms with van der Waals surface area (Å²) in [5, 5.41) is 0. The summed E-state index contributed by atoms with van der Waals surface area (Å²) in [6.07, 6.45) is 1.90. The Bertz CT molecular complexity index is 682. The molecule has 3 rings (SSSR count). The molecule has 16 heavy (non-hydrogen) atoms. The van der Waals surface area contributed by atoms with Crippen LogP contribution in [-0.2, 0) is 0 Å². The number of aromatic nitrogens is 1. The average Bonchev–Trinajstić information content (AvgIpc) is 2.76. The fraction of sp³-hybridized carbons (Fsp3) is 0. The Labute approximate surface area is 96.4 Å². The molecule has 0 saturated carbocycles. The molecule has 0 saturated heterocycles. The maximum absolute atomic E-state index is 11.6. The van der Waals surface area contributed by atoms with Crippen LogP contribution in [-0.4, -0.2) is 4.40 Å². The van der Waals surface area contributed by atoms with Crippen LogP contribution in [0.3, 0.4) is 0 Å². The zero-order chi connectivity index (χ0) is 11.0. The summed E-state index contributed by atoms with van der Waals surface area (Å²) in [4.78, 5) is 13.7. The number of hydrogen-bond acceptors (Lipinski definition) is 2. The van der Waals surface area contributed by atoms with Gasteiger partial charge in [-0.1, -0.05) is 36.4 Å². The molecule has 2 aromatic heterocycles. The van der Waals surface area contributed by atoms with Gasteiger partial charge < -0.3 is 0 Å². The van der Waals surface area contributed by atoms with Crippen LogP contribution in [0.2, 0.25) is 0 Å². The highest BCUT2D eigenvalue weighted by Gasteiger charge is 2.03. The molecule has 3 aromatic rings. The maximum Gasteiger partial charge on any atom is 0.255 e. The van der Waals surface area contributed by atoms with Crippen LogP contribution in [0.15, 0.2) is 59.5 Å². The molecular formula is C13H9NOS. The van der Waals surface area contributed by atoms with Crippen molar-refractivity contribution in [2.75, 3.05) is 0 Å². The van der Waals surface area contributed by atoms with Crippen molar-refractivity contribution < 1.29 is 0 Å². The van der Waals surface area contributed by atoms with E-state index in [0.29, 0.717) is 0 Å². The van der Waals surface area contributed by atoms with Crippen LogP contribution in [0.25, 0.3) is 15.3 Å². The normalized spacial score (nSPS) is 10.8. The third-order valence-electron chi connectivity index (χ3n) is 2.47. The number of fused-ring (bicyclic) bond motifs is 1. The van der Waals surface area contributed by atoms with Crippen molar-refractivity contribution >= 4 is 16.2 Å². The van der Waals surface area contributed by atoms with Crippen LogP contribution < -0.4 is 5.56 Å². The first kappa shape index (κ1) is 9.36. The van der Waals surface area contributed by atoms with E-state index in [1.54, 1.807) is 27.9 Å². The molecule has 0 aliphatic rings. The lowest BCUT2D eigenvalue weighted by Crippen LogP contribution is -2.07. The first-order chi connectivity index (χ1) is 7.84. The highest BCUT2D eigenvalue weighted by molar-refractivity contribution is 7.20. The molecule has 0 N–H and O–H groups in total. The van der Waals surface area contributed by atoms with Gasteiger partial charge in [-0.3, -0.25) is 9.20 Å². The summed E-state index contributed by atoms with van der Waals surface area (Å²) in [7, 11) is 0. The van der Waals surface area contributed by atoms with Gasteiger partial charge in [0.25, 0.3) is 5.56 Å². The Kier molecular flexibility index (Phi) is 2.11. The number of rotatable bonds is 1. The van der Waals surface area contributed by atoms with E-state index in [1.807, 2.05) is 30.5 Å². The predicted molar refractivity (Wildman–Crippen MR) is 67.0 cm³/mol. The standard InChI is InChI=1S/C13H9NOS/c15-12-7-4-8-13-14(12)9-11(16-13)10-5-2-1-3-6-10/h1-9H. The third kappa shape index (κ3) is 1.46. The minimum Gasteiger partial charge on any atom is -0.274 e. The lowest BCUT2D eigenvalue weighted by molar-refractivity contribution is 1.13. The minimum atomic E-state index is 0.0240. The summed E-state index contributed by atoms with van der Waals surface area (Å²) < 4.78 is 1.69. The van der Waals surface area contributed by atoms with Crippen LogP contribution in [0, 0.1) is 0 Å². The highest BCUT2D eigenvalue weighted by Crippen LogP contribution is 2.27. The van der Waals surface area contributed by atoms with Gasteiger partial charge in [0.15, 0.2) is 0 Å². The molecule has 0 unspecified atom stereocenters. The van der Waals surface area contributed by atoms with Crippen molar-refractivity contribution in [3.8, 4) is 10.4 Å². The molecule has 0 aliphatic heterocycles. The van der Waals surface area contributed by atoms with Crippen molar-refractivity contribution in [2.24, 2.45) is 0 Å². The van der Waals surface area contributed by atoms with Crippen LogP contribution >= 0.6 is 11.3 Å². The first-order valence-corrected chi connectivity index (χ1v) is 5.83. The Morgan fingerprint density at radius 1 is 0.938 bits per heavy atom. The number of pyridine rings is 1. The number of hydrogen-bond donors (Lipinski definition) is 0. The van der Waals surface area contributed by atoms with E-state index in [2.05, 4.69) is 12.1 Å². The molecule has 0 atom stereocenters. The van der Waals surface area contributed by atoms with Gasteiger partial charge in [0.1, 0.15) is 4.83 Å². The third-order valence-corrected chi connectivity index (χ3v) is 3.57. The summed E-state index contributed by atoms with van der Waals surface area (Å²) in [5.41, 5.74) is 1.17. The van der Waals surface area contributed by atoms with E-state index in [0.717, 1.165) is 15.3 Å². The Hall–Kier alpha value is -1.87. The van der Waals surface area contributed by atoms with Gasteiger partial charge in [-0.15, -0.1) is 11.3 Å². The molecule has 0 bridgehead atoms. The predicted octanol–water partition coefficient (Wildman–Crippen LogP) is 3.03. The second-order valence-electron chi connectivity index (χ2n) is 3.53.